The molecule has 2 heterocycles. The lowest BCUT2D eigenvalue weighted by Crippen LogP contribution is -2.11. The minimum Gasteiger partial charge on any atom is -0.507 e. The van der Waals surface area contributed by atoms with Gasteiger partial charge in [-0.25, -0.2) is 4.98 Å². The number of aromatic nitrogens is 1. The number of phenols is 1. The van der Waals surface area contributed by atoms with E-state index in [1.165, 1.54) is 0 Å². The van der Waals surface area contributed by atoms with Gasteiger partial charge in [-0.2, -0.15) is 0 Å². The molecule has 4 nitrogen and oxygen atoms in total. The van der Waals surface area contributed by atoms with Crippen LogP contribution in [0.2, 0.25) is 0 Å². The van der Waals surface area contributed by atoms with Crippen molar-refractivity contribution in [2.45, 2.75) is 26.2 Å². The number of furan rings is 1. The maximum atomic E-state index is 10.6. The average Bonchev–Trinajstić information content (AvgIpc) is 3.69. The summed E-state index contributed by atoms with van der Waals surface area (Å²) in [6, 6.07) is 43.4. The Morgan fingerprint density at radius 3 is 2.30 bits per heavy atom. The molecule has 0 aliphatic heterocycles. The number of phenolic OH excluding ortho intramolecular Hbond substituents is 1. The van der Waals surface area contributed by atoms with Gasteiger partial charge in [0, 0.05) is 33.7 Å². The van der Waals surface area contributed by atoms with Crippen LogP contribution in [0.5, 0.6) is 5.75 Å². The van der Waals surface area contributed by atoms with E-state index in [4.69, 9.17) is 14.4 Å². The molecule has 0 spiro atoms. The standard InChI is InChI=1S/C42H32N2O2S/c1-42(2,3)30-18-19-36(45)29(21-30)25-43-35-15-9-7-14-32(35)41-44-40-33(26-11-5-4-6-12-26)23-28(24-39(40)47-41)27-17-20-38-34(22-27)31-13-8-10-16-37(31)46-38/h4-25,45H,1-3H3. The van der Waals surface area contributed by atoms with Gasteiger partial charge in [-0.1, -0.05) is 93.6 Å². The van der Waals surface area contributed by atoms with Gasteiger partial charge in [-0.3, -0.25) is 4.99 Å². The normalized spacial score (nSPS) is 12.1. The molecule has 0 atom stereocenters. The molecule has 228 valence electrons. The number of fused-ring (bicyclic) bond motifs is 4. The number of hydrogen-bond donors (Lipinski definition) is 1. The van der Waals surface area contributed by atoms with E-state index in [1.54, 1.807) is 23.6 Å². The third kappa shape index (κ3) is 5.39. The summed E-state index contributed by atoms with van der Waals surface area (Å²) in [5, 5.41) is 13.7. The molecule has 1 N–H and O–H groups in total. The summed E-state index contributed by atoms with van der Waals surface area (Å²) in [6.45, 7) is 6.49. The Bertz CT molecular complexity index is 2460. The van der Waals surface area contributed by atoms with Gasteiger partial charge < -0.3 is 9.52 Å². The molecule has 0 saturated heterocycles. The van der Waals surface area contributed by atoms with E-state index in [0.717, 1.165) is 76.2 Å². The molecule has 0 unspecified atom stereocenters. The van der Waals surface area contributed by atoms with Crippen LogP contribution in [0.15, 0.2) is 137 Å². The first-order chi connectivity index (χ1) is 22.8. The number of rotatable bonds is 5. The van der Waals surface area contributed by atoms with Gasteiger partial charge in [0.2, 0.25) is 0 Å². The van der Waals surface area contributed by atoms with Crippen molar-refractivity contribution in [2.24, 2.45) is 4.99 Å². The van der Waals surface area contributed by atoms with E-state index in [-0.39, 0.29) is 11.2 Å². The molecule has 8 rings (SSSR count). The zero-order chi connectivity index (χ0) is 32.1. The zero-order valence-corrected chi connectivity index (χ0v) is 27.2. The molecule has 0 fully saturated rings. The molecule has 5 heteroatoms. The van der Waals surface area contributed by atoms with Gasteiger partial charge in [0.1, 0.15) is 21.9 Å². The lowest BCUT2D eigenvalue weighted by molar-refractivity contribution is 0.473. The predicted molar refractivity (Wildman–Crippen MR) is 197 cm³/mol. The maximum Gasteiger partial charge on any atom is 0.135 e. The fourth-order valence-electron chi connectivity index (χ4n) is 6.09. The van der Waals surface area contributed by atoms with E-state index < -0.39 is 0 Å². The van der Waals surface area contributed by atoms with E-state index in [2.05, 4.69) is 93.6 Å². The molecule has 0 radical (unpaired) electrons. The fraction of sp³-hybridized carbons (Fsp3) is 0.0952. The molecule has 6 aromatic carbocycles. The molecule has 2 aromatic heterocycles. The van der Waals surface area contributed by atoms with Crippen molar-refractivity contribution >= 4 is 55.4 Å². The highest BCUT2D eigenvalue weighted by atomic mass is 32.1. The van der Waals surface area contributed by atoms with Gasteiger partial charge in [-0.15, -0.1) is 11.3 Å². The Kier molecular flexibility index (Phi) is 7.00. The van der Waals surface area contributed by atoms with Crippen molar-refractivity contribution in [1.82, 2.24) is 4.98 Å². The van der Waals surface area contributed by atoms with Crippen LogP contribution in [0.3, 0.4) is 0 Å². The van der Waals surface area contributed by atoms with Crippen LogP contribution in [-0.2, 0) is 5.41 Å². The largest absolute Gasteiger partial charge is 0.507 e. The Morgan fingerprint density at radius 2 is 1.45 bits per heavy atom. The van der Waals surface area contributed by atoms with Crippen LogP contribution in [-0.4, -0.2) is 16.3 Å². The summed E-state index contributed by atoms with van der Waals surface area (Å²) in [7, 11) is 0. The number of thiazole rings is 1. The van der Waals surface area contributed by atoms with Crippen LogP contribution < -0.4 is 0 Å². The number of benzene rings is 6. The third-order valence-corrected chi connectivity index (χ3v) is 9.70. The molecule has 0 bridgehead atoms. The lowest BCUT2D eigenvalue weighted by atomic mass is 9.86. The topological polar surface area (TPSA) is 58.6 Å². The molecule has 0 saturated carbocycles. The van der Waals surface area contributed by atoms with Gasteiger partial charge in [0.25, 0.3) is 0 Å². The second kappa shape index (κ2) is 11.4. The summed E-state index contributed by atoms with van der Waals surface area (Å²) >= 11 is 1.67. The zero-order valence-electron chi connectivity index (χ0n) is 26.4. The smallest absolute Gasteiger partial charge is 0.135 e. The third-order valence-electron chi connectivity index (χ3n) is 8.66. The average molecular weight is 629 g/mol. The fourth-order valence-corrected chi connectivity index (χ4v) is 7.15. The van der Waals surface area contributed by atoms with Gasteiger partial charge in [0.05, 0.1) is 15.9 Å². The number of para-hydroxylation sites is 2. The summed E-state index contributed by atoms with van der Waals surface area (Å²) in [5.41, 5.74) is 10.7. The summed E-state index contributed by atoms with van der Waals surface area (Å²) < 4.78 is 7.21. The minimum absolute atomic E-state index is 0.0391. The maximum absolute atomic E-state index is 10.6. The van der Waals surface area contributed by atoms with E-state index in [0.29, 0.717) is 5.56 Å². The molecular weight excluding hydrogens is 597 g/mol. The minimum atomic E-state index is -0.0391. The lowest BCUT2D eigenvalue weighted by Gasteiger charge is -2.19. The van der Waals surface area contributed by atoms with Crippen molar-refractivity contribution in [3.63, 3.8) is 0 Å². The molecular formula is C42H32N2O2S. The first kappa shape index (κ1) is 28.9. The van der Waals surface area contributed by atoms with Crippen LogP contribution >= 0.6 is 11.3 Å². The van der Waals surface area contributed by atoms with Crippen molar-refractivity contribution in [1.29, 1.82) is 0 Å². The van der Waals surface area contributed by atoms with Gasteiger partial charge >= 0.3 is 0 Å². The van der Waals surface area contributed by atoms with E-state index >= 15 is 0 Å². The monoisotopic (exact) mass is 628 g/mol. The van der Waals surface area contributed by atoms with Crippen LogP contribution in [0, 0.1) is 0 Å². The van der Waals surface area contributed by atoms with Crippen LogP contribution in [0.1, 0.15) is 31.9 Å². The Hall–Kier alpha value is -5.52. The molecule has 8 aromatic rings. The van der Waals surface area contributed by atoms with E-state index in [1.807, 2.05) is 48.5 Å². The summed E-state index contributed by atoms with van der Waals surface area (Å²) in [5.74, 6) is 0.209. The second-order valence-electron chi connectivity index (χ2n) is 12.9. The Labute approximate surface area is 277 Å². The molecule has 47 heavy (non-hydrogen) atoms. The number of hydrogen-bond acceptors (Lipinski definition) is 5. The Balaban J connectivity index is 1.26. The Morgan fingerprint density at radius 1 is 0.681 bits per heavy atom. The van der Waals surface area contributed by atoms with Gasteiger partial charge in [-0.05, 0) is 82.3 Å². The SMILES string of the molecule is CC(C)(C)c1ccc(O)c(C=Nc2ccccc2-c2nc3c(-c4ccccc4)cc(-c4ccc5oc6ccccc6c5c4)cc3s2)c1. The number of aliphatic imine (C=N–C) groups is 1. The quantitative estimate of drug-likeness (QED) is 0.193. The van der Waals surface area contributed by atoms with Crippen molar-refractivity contribution in [2.75, 3.05) is 0 Å². The van der Waals surface area contributed by atoms with Crippen LogP contribution in [0.25, 0.3) is 65.0 Å². The number of nitrogens with zero attached hydrogens (tertiary/aromatic N) is 2. The second-order valence-corrected chi connectivity index (χ2v) is 13.9. The molecule has 0 amide bonds. The van der Waals surface area contributed by atoms with Crippen molar-refractivity contribution < 1.29 is 9.52 Å². The predicted octanol–water partition coefficient (Wildman–Crippen LogP) is 12.0. The highest BCUT2D eigenvalue weighted by molar-refractivity contribution is 7.21. The molecule has 0 aliphatic rings. The highest BCUT2D eigenvalue weighted by Gasteiger charge is 2.18. The highest BCUT2D eigenvalue weighted by Crippen LogP contribution is 2.42. The van der Waals surface area contributed by atoms with Crippen molar-refractivity contribution in [3.8, 4) is 38.6 Å². The van der Waals surface area contributed by atoms with E-state index in [9.17, 15) is 5.11 Å². The molecule has 0 aliphatic carbocycles. The summed E-state index contributed by atoms with van der Waals surface area (Å²) in [4.78, 5) is 10.1. The van der Waals surface area contributed by atoms with Crippen molar-refractivity contribution in [3.05, 3.63) is 139 Å². The first-order valence-electron chi connectivity index (χ1n) is 15.7. The van der Waals surface area contributed by atoms with Crippen LogP contribution in [0.4, 0.5) is 5.69 Å². The first-order valence-corrected chi connectivity index (χ1v) is 16.5. The van der Waals surface area contributed by atoms with Gasteiger partial charge in [0.15, 0.2) is 0 Å². The number of aromatic hydroxyl groups is 1. The summed E-state index contributed by atoms with van der Waals surface area (Å²) in [6.07, 6.45) is 1.75.